The molecule has 1 saturated carbocycles. The summed E-state index contributed by atoms with van der Waals surface area (Å²) in [6.07, 6.45) is 5.21. The fourth-order valence-corrected chi connectivity index (χ4v) is 7.35. The van der Waals surface area contributed by atoms with Gasteiger partial charge in [-0.25, -0.2) is 4.39 Å². The molecule has 1 N–H and O–H groups in total. The Labute approximate surface area is 284 Å². The highest BCUT2D eigenvalue weighted by atomic mass is 35.5. The van der Waals surface area contributed by atoms with E-state index in [4.69, 9.17) is 25.8 Å². The van der Waals surface area contributed by atoms with Crippen molar-refractivity contribution in [1.82, 2.24) is 14.8 Å². The van der Waals surface area contributed by atoms with Crippen LogP contribution in [0.2, 0.25) is 5.02 Å². The van der Waals surface area contributed by atoms with Crippen LogP contribution in [0.3, 0.4) is 0 Å². The Balaban J connectivity index is 1.24. The van der Waals surface area contributed by atoms with Gasteiger partial charge >= 0.3 is 5.97 Å². The Morgan fingerprint density at radius 3 is 2.46 bits per heavy atom. The number of rotatable bonds is 12. The third-order valence-corrected chi connectivity index (χ3v) is 10.1. The van der Waals surface area contributed by atoms with Gasteiger partial charge in [-0.1, -0.05) is 35.9 Å². The lowest BCUT2D eigenvalue weighted by Gasteiger charge is -2.55. The second-order valence-corrected chi connectivity index (χ2v) is 13.2. The maximum Gasteiger partial charge on any atom is 0.308 e. The van der Waals surface area contributed by atoms with E-state index in [1.54, 1.807) is 32.4 Å². The van der Waals surface area contributed by atoms with E-state index in [0.29, 0.717) is 63.9 Å². The second-order valence-electron chi connectivity index (χ2n) is 12.8. The van der Waals surface area contributed by atoms with E-state index in [0.717, 1.165) is 24.3 Å². The number of benzene rings is 2. The van der Waals surface area contributed by atoms with Crippen LogP contribution in [0.5, 0.6) is 0 Å². The topological polar surface area (TPSA) is 110 Å². The molecule has 0 spiro atoms. The van der Waals surface area contributed by atoms with E-state index in [1.807, 2.05) is 23.1 Å². The normalized spacial score (nSPS) is 21.8. The highest BCUT2D eigenvalue weighted by Gasteiger charge is 2.56. The van der Waals surface area contributed by atoms with E-state index >= 15 is 4.39 Å². The van der Waals surface area contributed by atoms with Crippen LogP contribution >= 0.6 is 11.6 Å². The number of Topliss-reactive ketones (excluding diaryl/α,β-unsaturated/α-hetero) is 1. The first-order chi connectivity index (χ1) is 23.2. The third-order valence-electron chi connectivity index (χ3n) is 9.76. The van der Waals surface area contributed by atoms with E-state index in [2.05, 4.69) is 15.2 Å². The number of hydrogen-bond acceptors (Lipinski definition) is 9. The molecule has 1 atom stereocenters. The minimum atomic E-state index is -1.42. The summed E-state index contributed by atoms with van der Waals surface area (Å²) in [4.78, 5) is 48.5. The van der Waals surface area contributed by atoms with Crippen LogP contribution in [0.25, 0.3) is 10.8 Å². The molecule has 12 heteroatoms. The summed E-state index contributed by atoms with van der Waals surface area (Å²) in [7, 11) is 1.65. The standard InChI is InChI=1S/C36H42ClFN4O6/c1-3-47-35(45)24-10-12-26(13-11-24)48-36(41-16-6-7-17-41,42-21-27(22-42)46-2)32(43)19-25-18-29(37)31(20-30(25)38)40-34(44)33-28-9-5-4-8-23(28)14-15-39-33/h4-5,8-9,14-15,18,20,24,26-27H,3,6-7,10-13,16-17,19,21-22H2,1-2H3,(H,40,44)/t24-,26-,36?. The van der Waals surface area contributed by atoms with Crippen LogP contribution in [0.1, 0.15) is 61.5 Å². The SMILES string of the molecule is CCOC(=O)[C@H]1CC[C@H](OC(C(=O)Cc2cc(Cl)c(NC(=O)c3nccc4ccccc34)cc2F)(N2CCCC2)N2CC(OC)C2)CC1. The molecule has 3 aromatic rings. The number of ether oxygens (including phenoxy) is 3. The van der Waals surface area contributed by atoms with E-state index in [9.17, 15) is 14.4 Å². The van der Waals surface area contributed by atoms with Crippen molar-refractivity contribution in [3.63, 3.8) is 0 Å². The minimum absolute atomic E-state index is 0.0479. The minimum Gasteiger partial charge on any atom is -0.466 e. The Morgan fingerprint density at radius 1 is 1.02 bits per heavy atom. The van der Waals surface area contributed by atoms with Gasteiger partial charge in [0.25, 0.3) is 5.91 Å². The molecule has 3 fully saturated rings. The number of hydrogen-bond donors (Lipinski definition) is 1. The van der Waals surface area contributed by atoms with Crippen LogP contribution < -0.4 is 5.32 Å². The number of halogens is 2. The lowest BCUT2D eigenvalue weighted by Crippen LogP contribution is -2.74. The van der Waals surface area contributed by atoms with Crippen LogP contribution in [0.4, 0.5) is 10.1 Å². The molecule has 1 amide bonds. The van der Waals surface area contributed by atoms with Crippen molar-refractivity contribution >= 4 is 45.7 Å². The molecule has 6 rings (SSSR count). The number of pyridine rings is 1. The molecule has 256 valence electrons. The maximum atomic E-state index is 15.8. The first-order valence-corrected chi connectivity index (χ1v) is 17.1. The monoisotopic (exact) mass is 680 g/mol. The number of anilines is 1. The van der Waals surface area contributed by atoms with Crippen molar-refractivity contribution in [3.8, 4) is 0 Å². The largest absolute Gasteiger partial charge is 0.466 e. The smallest absolute Gasteiger partial charge is 0.308 e. The van der Waals surface area contributed by atoms with Crippen LogP contribution in [0.15, 0.2) is 48.7 Å². The van der Waals surface area contributed by atoms with Gasteiger partial charge in [0, 0.05) is 51.3 Å². The highest BCUT2D eigenvalue weighted by Crippen LogP contribution is 2.39. The zero-order chi connectivity index (χ0) is 33.8. The lowest BCUT2D eigenvalue weighted by atomic mass is 9.87. The van der Waals surface area contributed by atoms with Gasteiger partial charge in [0.1, 0.15) is 11.5 Å². The van der Waals surface area contributed by atoms with Crippen LogP contribution in [-0.2, 0) is 30.2 Å². The number of carbonyl (C=O) groups excluding carboxylic acids is 3. The van der Waals surface area contributed by atoms with Gasteiger partial charge in [0.05, 0.1) is 35.4 Å². The molecule has 48 heavy (non-hydrogen) atoms. The first-order valence-electron chi connectivity index (χ1n) is 16.8. The first kappa shape index (κ1) is 34.4. The van der Waals surface area contributed by atoms with Gasteiger partial charge in [-0.2, -0.15) is 0 Å². The van der Waals surface area contributed by atoms with Gasteiger partial charge in [-0.3, -0.25) is 29.2 Å². The molecule has 3 aliphatic rings. The summed E-state index contributed by atoms with van der Waals surface area (Å²) in [6.45, 7) is 4.45. The van der Waals surface area contributed by atoms with E-state index in [1.165, 1.54) is 6.07 Å². The van der Waals surface area contributed by atoms with Crippen molar-refractivity contribution in [2.45, 2.75) is 69.9 Å². The molecule has 3 heterocycles. The van der Waals surface area contributed by atoms with Crippen molar-refractivity contribution in [2.24, 2.45) is 5.92 Å². The average Bonchev–Trinajstić information content (AvgIpc) is 3.62. The Bertz CT molecular complexity index is 1650. The zero-order valence-corrected chi connectivity index (χ0v) is 28.1. The van der Waals surface area contributed by atoms with Crippen LogP contribution in [-0.4, -0.2) is 90.4 Å². The van der Waals surface area contributed by atoms with Gasteiger partial charge in [0.2, 0.25) is 5.85 Å². The van der Waals surface area contributed by atoms with Gasteiger partial charge < -0.3 is 19.5 Å². The molecule has 0 bridgehead atoms. The number of aromatic nitrogens is 1. The predicted octanol–water partition coefficient (Wildman–Crippen LogP) is 5.61. The summed E-state index contributed by atoms with van der Waals surface area (Å²) in [5.74, 6) is -3.28. The number of nitrogens with one attached hydrogen (secondary N) is 1. The highest BCUT2D eigenvalue weighted by molar-refractivity contribution is 6.34. The number of methoxy groups -OCH3 is 1. The van der Waals surface area contributed by atoms with Gasteiger partial charge in [-0.15, -0.1) is 0 Å². The molecule has 0 radical (unpaired) electrons. The fraction of sp³-hybridized carbons (Fsp3) is 0.500. The molecule has 1 aliphatic carbocycles. The van der Waals surface area contributed by atoms with Crippen molar-refractivity contribution in [2.75, 3.05) is 45.2 Å². The zero-order valence-electron chi connectivity index (χ0n) is 27.4. The molecule has 1 aromatic heterocycles. The number of esters is 1. The quantitative estimate of drug-likeness (QED) is 0.244. The molecular formula is C36H42ClFN4O6. The summed E-state index contributed by atoms with van der Waals surface area (Å²) < 4.78 is 33.5. The molecule has 2 aromatic carbocycles. The Kier molecular flexibility index (Phi) is 10.7. The number of carbonyl (C=O) groups is 3. The number of fused-ring (bicyclic) bond motifs is 1. The van der Waals surface area contributed by atoms with Gasteiger partial charge in [-0.05, 0) is 74.6 Å². The Morgan fingerprint density at radius 2 is 1.75 bits per heavy atom. The predicted molar refractivity (Wildman–Crippen MR) is 179 cm³/mol. The molecule has 10 nitrogen and oxygen atoms in total. The molecular weight excluding hydrogens is 639 g/mol. The molecule has 2 saturated heterocycles. The molecule has 1 unspecified atom stereocenters. The average molecular weight is 681 g/mol. The summed E-state index contributed by atoms with van der Waals surface area (Å²) in [6, 6.07) is 11.7. The van der Waals surface area contributed by atoms with Gasteiger partial charge in [0.15, 0.2) is 5.78 Å². The second kappa shape index (κ2) is 15.0. The number of amides is 1. The third kappa shape index (κ3) is 6.97. The summed E-state index contributed by atoms with van der Waals surface area (Å²) in [5.41, 5.74) is 0.376. The number of nitrogens with zero attached hydrogens (tertiary/aromatic N) is 3. The summed E-state index contributed by atoms with van der Waals surface area (Å²) in [5, 5.41) is 4.29. The Hall–Kier alpha value is -3.48. The van der Waals surface area contributed by atoms with Crippen LogP contribution in [0, 0.1) is 11.7 Å². The lowest BCUT2D eigenvalue weighted by molar-refractivity contribution is -0.282. The fourth-order valence-electron chi connectivity index (χ4n) is 7.12. The van der Waals surface area contributed by atoms with Crippen molar-refractivity contribution in [3.05, 3.63) is 70.8 Å². The summed E-state index contributed by atoms with van der Waals surface area (Å²) >= 11 is 6.61. The molecule has 2 aliphatic heterocycles. The van der Waals surface area contributed by atoms with E-state index in [-0.39, 0.29) is 58.3 Å². The number of likely N-dealkylation sites (tertiary alicyclic amines) is 2. The number of ketones is 1. The van der Waals surface area contributed by atoms with E-state index < -0.39 is 17.6 Å². The van der Waals surface area contributed by atoms with Crippen molar-refractivity contribution in [1.29, 1.82) is 0 Å². The maximum absolute atomic E-state index is 15.8. The van der Waals surface area contributed by atoms with Crippen molar-refractivity contribution < 1.29 is 33.0 Å².